The molecule has 1 N–H and O–H groups in total. The second-order valence-corrected chi connectivity index (χ2v) is 6.10. The van der Waals surface area contributed by atoms with Crippen molar-refractivity contribution in [2.24, 2.45) is 0 Å². The Hall–Kier alpha value is -0.590. The molecule has 0 atom stereocenters. The normalized spacial score (nSPS) is 10.7. The predicted molar refractivity (Wildman–Crippen MR) is 84.2 cm³/mol. The van der Waals surface area contributed by atoms with E-state index in [1.54, 1.807) is 12.1 Å². The molecule has 0 unspecified atom stereocenters. The first-order valence-electron chi connectivity index (χ1n) is 5.77. The molecule has 0 radical (unpaired) electrons. The SMILES string of the molecule is CCCc1[nH]c(-c2ccc(F)c(Br)c2)nc(=S)c1Br. The molecule has 0 aliphatic carbocycles. The Balaban J connectivity index is 2.56. The van der Waals surface area contributed by atoms with Crippen LogP contribution in [0, 0.1) is 10.5 Å². The third kappa shape index (κ3) is 3.30. The summed E-state index contributed by atoms with van der Waals surface area (Å²) in [5, 5.41) is 0. The highest BCUT2D eigenvalue weighted by Crippen LogP contribution is 2.25. The molecule has 19 heavy (non-hydrogen) atoms. The van der Waals surface area contributed by atoms with Gasteiger partial charge in [-0.3, -0.25) is 0 Å². The number of hydrogen-bond acceptors (Lipinski definition) is 2. The molecule has 1 heterocycles. The lowest BCUT2D eigenvalue weighted by atomic mass is 10.2. The van der Waals surface area contributed by atoms with Crippen molar-refractivity contribution in [3.05, 3.63) is 43.3 Å². The van der Waals surface area contributed by atoms with Crippen LogP contribution in [0.3, 0.4) is 0 Å². The summed E-state index contributed by atoms with van der Waals surface area (Å²) in [4.78, 5) is 7.58. The summed E-state index contributed by atoms with van der Waals surface area (Å²) < 4.78 is 15.0. The Labute approximate surface area is 132 Å². The van der Waals surface area contributed by atoms with E-state index < -0.39 is 0 Å². The van der Waals surface area contributed by atoms with E-state index in [1.807, 2.05) is 0 Å². The smallest absolute Gasteiger partial charge is 0.144 e. The summed E-state index contributed by atoms with van der Waals surface area (Å²) in [6, 6.07) is 4.77. The van der Waals surface area contributed by atoms with Gasteiger partial charge < -0.3 is 4.98 Å². The average Bonchev–Trinajstić information content (AvgIpc) is 2.38. The van der Waals surface area contributed by atoms with Crippen LogP contribution in [-0.2, 0) is 6.42 Å². The number of rotatable bonds is 3. The third-order valence-corrected chi connectivity index (χ3v) is 4.65. The van der Waals surface area contributed by atoms with Gasteiger partial charge in [0.15, 0.2) is 0 Å². The molecular formula is C13H11Br2FN2S. The van der Waals surface area contributed by atoms with Crippen molar-refractivity contribution in [2.45, 2.75) is 19.8 Å². The average molecular weight is 406 g/mol. The molecule has 0 amide bonds. The fourth-order valence-electron chi connectivity index (χ4n) is 1.71. The van der Waals surface area contributed by atoms with Gasteiger partial charge >= 0.3 is 0 Å². The fraction of sp³-hybridized carbons (Fsp3) is 0.231. The molecule has 0 aliphatic heterocycles. The molecule has 0 saturated carbocycles. The van der Waals surface area contributed by atoms with Crippen molar-refractivity contribution >= 4 is 44.1 Å². The van der Waals surface area contributed by atoms with Crippen LogP contribution in [0.4, 0.5) is 4.39 Å². The van der Waals surface area contributed by atoms with Crippen LogP contribution in [0.15, 0.2) is 27.1 Å². The predicted octanol–water partition coefficient (Wildman–Crippen LogP) is 5.42. The number of nitrogens with one attached hydrogen (secondary N) is 1. The monoisotopic (exact) mass is 404 g/mol. The third-order valence-electron chi connectivity index (χ3n) is 2.63. The lowest BCUT2D eigenvalue weighted by Crippen LogP contribution is -1.98. The first-order chi connectivity index (χ1) is 9.02. The number of aryl methyl sites for hydroxylation is 1. The summed E-state index contributed by atoms with van der Waals surface area (Å²) in [7, 11) is 0. The Morgan fingerprint density at radius 2 is 2.11 bits per heavy atom. The zero-order valence-electron chi connectivity index (χ0n) is 10.1. The van der Waals surface area contributed by atoms with Crippen molar-refractivity contribution in [3.8, 4) is 11.4 Å². The van der Waals surface area contributed by atoms with Gasteiger partial charge in [-0.1, -0.05) is 25.6 Å². The number of H-pyrrole nitrogens is 1. The van der Waals surface area contributed by atoms with Crippen LogP contribution in [0.1, 0.15) is 19.0 Å². The van der Waals surface area contributed by atoms with E-state index in [2.05, 4.69) is 48.8 Å². The molecule has 6 heteroatoms. The second kappa shape index (κ2) is 6.24. The van der Waals surface area contributed by atoms with Crippen LogP contribution in [0.5, 0.6) is 0 Å². The van der Waals surface area contributed by atoms with Gasteiger partial charge in [0, 0.05) is 11.3 Å². The van der Waals surface area contributed by atoms with Crippen LogP contribution >= 0.6 is 44.1 Å². The zero-order chi connectivity index (χ0) is 14.0. The van der Waals surface area contributed by atoms with Crippen LogP contribution < -0.4 is 0 Å². The number of halogens is 3. The molecule has 2 aromatic rings. The van der Waals surface area contributed by atoms with Gasteiger partial charge in [-0.05, 0) is 56.5 Å². The van der Waals surface area contributed by atoms with E-state index in [0.717, 1.165) is 28.6 Å². The van der Waals surface area contributed by atoms with Gasteiger partial charge in [0.25, 0.3) is 0 Å². The van der Waals surface area contributed by atoms with E-state index in [9.17, 15) is 4.39 Å². The molecular weight excluding hydrogens is 395 g/mol. The summed E-state index contributed by atoms with van der Waals surface area (Å²) in [6.45, 7) is 2.10. The van der Waals surface area contributed by atoms with Gasteiger partial charge in [0.2, 0.25) is 0 Å². The van der Waals surface area contributed by atoms with Crippen molar-refractivity contribution in [1.82, 2.24) is 9.97 Å². The summed E-state index contributed by atoms with van der Waals surface area (Å²) in [6.07, 6.45) is 1.88. The minimum atomic E-state index is -0.298. The Kier molecular flexibility index (Phi) is 4.86. The minimum Gasteiger partial charge on any atom is -0.342 e. The number of hydrogen-bond donors (Lipinski definition) is 1. The molecule has 0 aliphatic rings. The molecule has 2 nitrogen and oxygen atoms in total. The molecule has 100 valence electrons. The van der Waals surface area contributed by atoms with E-state index in [1.165, 1.54) is 6.07 Å². The first-order valence-corrected chi connectivity index (χ1v) is 7.76. The molecule has 0 spiro atoms. The highest BCUT2D eigenvalue weighted by molar-refractivity contribution is 9.10. The topological polar surface area (TPSA) is 28.7 Å². The van der Waals surface area contributed by atoms with Crippen LogP contribution in [-0.4, -0.2) is 9.97 Å². The van der Waals surface area contributed by atoms with Crippen molar-refractivity contribution < 1.29 is 4.39 Å². The summed E-state index contributed by atoms with van der Waals surface area (Å²) in [5.74, 6) is 0.352. The van der Waals surface area contributed by atoms with Gasteiger partial charge in [-0.2, -0.15) is 0 Å². The van der Waals surface area contributed by atoms with Crippen LogP contribution in [0.25, 0.3) is 11.4 Å². The largest absolute Gasteiger partial charge is 0.342 e. The van der Waals surface area contributed by atoms with E-state index in [-0.39, 0.29) is 5.82 Å². The first kappa shape index (κ1) is 14.8. The molecule has 1 aromatic carbocycles. The summed E-state index contributed by atoms with van der Waals surface area (Å²) >= 11 is 11.9. The van der Waals surface area contributed by atoms with E-state index >= 15 is 0 Å². The molecule has 1 aromatic heterocycles. The van der Waals surface area contributed by atoms with Crippen molar-refractivity contribution in [3.63, 3.8) is 0 Å². The van der Waals surface area contributed by atoms with Crippen molar-refractivity contribution in [1.29, 1.82) is 0 Å². The number of aromatic amines is 1. The Morgan fingerprint density at radius 1 is 1.37 bits per heavy atom. The maximum absolute atomic E-state index is 13.3. The van der Waals surface area contributed by atoms with Gasteiger partial charge in [0.05, 0.1) is 8.95 Å². The quantitative estimate of drug-likeness (QED) is 0.690. The molecule has 0 saturated heterocycles. The van der Waals surface area contributed by atoms with Crippen molar-refractivity contribution in [2.75, 3.05) is 0 Å². The lowest BCUT2D eigenvalue weighted by molar-refractivity contribution is 0.621. The molecule has 2 rings (SSSR count). The van der Waals surface area contributed by atoms with Gasteiger partial charge in [0.1, 0.15) is 16.3 Å². The highest BCUT2D eigenvalue weighted by Gasteiger charge is 2.09. The molecule has 0 bridgehead atoms. The fourth-order valence-corrected chi connectivity index (χ4v) is 2.69. The van der Waals surface area contributed by atoms with E-state index in [0.29, 0.717) is 14.9 Å². The maximum atomic E-state index is 13.3. The van der Waals surface area contributed by atoms with Gasteiger partial charge in [-0.15, -0.1) is 0 Å². The standard InChI is InChI=1S/C13H11Br2FN2S/c1-2-3-10-11(15)13(19)18-12(17-10)7-4-5-9(16)8(14)6-7/h4-6H,2-3H2,1H3,(H,17,18,19). The zero-order valence-corrected chi connectivity index (χ0v) is 14.1. The lowest BCUT2D eigenvalue weighted by Gasteiger charge is -2.08. The number of nitrogens with zero attached hydrogens (tertiary/aromatic N) is 1. The molecule has 0 fully saturated rings. The number of benzene rings is 1. The Morgan fingerprint density at radius 3 is 2.74 bits per heavy atom. The number of aromatic nitrogens is 2. The Bertz CT molecular complexity index is 670. The maximum Gasteiger partial charge on any atom is 0.144 e. The van der Waals surface area contributed by atoms with Crippen LogP contribution in [0.2, 0.25) is 0 Å². The highest BCUT2D eigenvalue weighted by atomic mass is 79.9. The summed E-state index contributed by atoms with van der Waals surface area (Å²) in [5.41, 5.74) is 1.81. The van der Waals surface area contributed by atoms with Gasteiger partial charge in [-0.25, -0.2) is 9.37 Å². The van der Waals surface area contributed by atoms with E-state index in [4.69, 9.17) is 12.2 Å². The minimum absolute atomic E-state index is 0.298. The second-order valence-electron chi connectivity index (χ2n) is 4.06.